The highest BCUT2D eigenvalue weighted by Gasteiger charge is 2.39. The van der Waals surface area contributed by atoms with Crippen molar-refractivity contribution in [3.05, 3.63) is 34.9 Å². The predicted octanol–water partition coefficient (Wildman–Crippen LogP) is 3.72. The van der Waals surface area contributed by atoms with Gasteiger partial charge in [0.25, 0.3) is 0 Å². The van der Waals surface area contributed by atoms with Gasteiger partial charge in [-0.2, -0.15) is 26.3 Å². The molecule has 1 heterocycles. The minimum atomic E-state index is -4.88. The summed E-state index contributed by atoms with van der Waals surface area (Å²) >= 11 is 0. The quantitative estimate of drug-likeness (QED) is 0.787. The number of hydrogen-bond acceptors (Lipinski definition) is 1. The van der Waals surface area contributed by atoms with E-state index < -0.39 is 41.3 Å². The van der Waals surface area contributed by atoms with E-state index in [1.807, 2.05) is 0 Å². The number of nitrogens with one attached hydrogen (secondary N) is 1. The molecule has 1 saturated heterocycles. The number of hydrogen-bond donors (Lipinski definition) is 1. The zero-order valence-electron chi connectivity index (χ0n) is 10.8. The van der Waals surface area contributed by atoms with Crippen molar-refractivity contribution in [1.82, 2.24) is 5.32 Å². The second kappa shape index (κ2) is 4.92. The van der Waals surface area contributed by atoms with Crippen LogP contribution in [-0.2, 0) is 17.1 Å². The van der Waals surface area contributed by atoms with E-state index in [4.69, 9.17) is 0 Å². The van der Waals surface area contributed by atoms with Crippen molar-refractivity contribution in [2.75, 3.05) is 0 Å². The van der Waals surface area contributed by atoms with Crippen molar-refractivity contribution in [3.63, 3.8) is 0 Å². The van der Waals surface area contributed by atoms with Crippen molar-refractivity contribution in [1.29, 1.82) is 0 Å². The largest absolute Gasteiger partial charge is 0.416 e. The number of carbonyl (C=O) groups excluding carboxylic acids is 1. The second-order valence-corrected chi connectivity index (χ2v) is 5.01. The maximum absolute atomic E-state index is 12.7. The van der Waals surface area contributed by atoms with E-state index in [1.165, 1.54) is 0 Å². The van der Waals surface area contributed by atoms with E-state index in [2.05, 4.69) is 5.32 Å². The van der Waals surface area contributed by atoms with Gasteiger partial charge in [-0.05, 0) is 30.7 Å². The standard InChI is InChI=1S/C13H11F6NO/c1-6-10(5-11(21)20-6)7-2-8(12(14,15)16)4-9(3-7)13(17,18)19/h2-4,6,10H,5H2,1H3,(H,20,21)/t6-,10-/m0/s1. The number of benzene rings is 1. The van der Waals surface area contributed by atoms with Crippen LogP contribution in [0.5, 0.6) is 0 Å². The molecule has 0 unspecified atom stereocenters. The first-order valence-corrected chi connectivity index (χ1v) is 6.07. The predicted molar refractivity (Wildman–Crippen MR) is 61.4 cm³/mol. The molecule has 8 heteroatoms. The van der Waals surface area contributed by atoms with Gasteiger partial charge in [0.2, 0.25) is 5.91 Å². The van der Waals surface area contributed by atoms with E-state index in [0.717, 1.165) is 0 Å². The highest BCUT2D eigenvalue weighted by molar-refractivity contribution is 5.80. The van der Waals surface area contributed by atoms with Crippen LogP contribution in [0.4, 0.5) is 26.3 Å². The summed E-state index contributed by atoms with van der Waals surface area (Å²) in [5.41, 5.74) is -2.86. The van der Waals surface area contributed by atoms with Crippen molar-refractivity contribution in [3.8, 4) is 0 Å². The molecular weight excluding hydrogens is 300 g/mol. The molecule has 0 bridgehead atoms. The topological polar surface area (TPSA) is 29.1 Å². The summed E-state index contributed by atoms with van der Waals surface area (Å²) in [7, 11) is 0. The molecule has 1 aromatic rings. The van der Waals surface area contributed by atoms with Gasteiger partial charge in [0.1, 0.15) is 0 Å². The fourth-order valence-electron chi connectivity index (χ4n) is 2.39. The molecule has 116 valence electrons. The van der Waals surface area contributed by atoms with Crippen molar-refractivity contribution >= 4 is 5.91 Å². The van der Waals surface area contributed by atoms with Crippen LogP contribution < -0.4 is 5.32 Å². The number of halogens is 6. The lowest BCUT2D eigenvalue weighted by atomic mass is 9.90. The third-order valence-electron chi connectivity index (χ3n) is 3.44. The molecule has 1 aliphatic rings. The molecule has 0 spiro atoms. The van der Waals surface area contributed by atoms with Crippen LogP contribution in [0.1, 0.15) is 36.0 Å². The van der Waals surface area contributed by atoms with Crippen LogP contribution in [0.3, 0.4) is 0 Å². The minimum absolute atomic E-state index is 0.0817. The third-order valence-corrected chi connectivity index (χ3v) is 3.44. The Kier molecular flexibility index (Phi) is 3.67. The lowest BCUT2D eigenvalue weighted by molar-refractivity contribution is -0.143. The van der Waals surface area contributed by atoms with Gasteiger partial charge in [-0.15, -0.1) is 0 Å². The van der Waals surface area contributed by atoms with Crippen molar-refractivity contribution in [2.24, 2.45) is 0 Å². The minimum Gasteiger partial charge on any atom is -0.353 e. The zero-order valence-corrected chi connectivity index (χ0v) is 10.8. The third kappa shape index (κ3) is 3.30. The van der Waals surface area contributed by atoms with Crippen molar-refractivity contribution in [2.45, 2.75) is 37.7 Å². The normalized spacial score (nSPS) is 23.3. The van der Waals surface area contributed by atoms with Crippen LogP contribution in [-0.4, -0.2) is 11.9 Å². The number of rotatable bonds is 1. The highest BCUT2D eigenvalue weighted by Crippen LogP contribution is 2.39. The Labute approximate surface area is 116 Å². The summed E-state index contributed by atoms with van der Waals surface area (Å²) in [6, 6.07) is 0.924. The number of carbonyl (C=O) groups is 1. The van der Waals surface area contributed by atoms with Crippen LogP contribution in [0.2, 0.25) is 0 Å². The van der Waals surface area contributed by atoms with Crippen LogP contribution in [0.25, 0.3) is 0 Å². The second-order valence-electron chi connectivity index (χ2n) is 5.01. The van der Waals surface area contributed by atoms with Crippen LogP contribution in [0.15, 0.2) is 18.2 Å². The lowest BCUT2D eigenvalue weighted by Crippen LogP contribution is -2.25. The van der Waals surface area contributed by atoms with Crippen LogP contribution >= 0.6 is 0 Å². The Bertz CT molecular complexity index is 531. The average Bonchev–Trinajstić information content (AvgIpc) is 2.65. The Morgan fingerprint density at radius 2 is 1.48 bits per heavy atom. The fraction of sp³-hybridized carbons (Fsp3) is 0.462. The summed E-state index contributed by atoms with van der Waals surface area (Å²) in [5, 5.41) is 2.48. The molecular formula is C13H11F6NO. The summed E-state index contributed by atoms with van der Waals surface area (Å²) in [6.45, 7) is 1.54. The maximum atomic E-state index is 12.7. The molecule has 0 aliphatic carbocycles. The van der Waals surface area contributed by atoms with E-state index in [1.54, 1.807) is 6.92 Å². The molecule has 1 aromatic carbocycles. The van der Waals surface area contributed by atoms with Gasteiger partial charge in [-0.25, -0.2) is 0 Å². The highest BCUT2D eigenvalue weighted by atomic mass is 19.4. The van der Waals surface area contributed by atoms with E-state index in [9.17, 15) is 31.1 Å². The monoisotopic (exact) mass is 311 g/mol. The van der Waals surface area contributed by atoms with Crippen molar-refractivity contribution < 1.29 is 31.1 Å². The molecule has 1 fully saturated rings. The maximum Gasteiger partial charge on any atom is 0.416 e. The molecule has 0 saturated carbocycles. The Morgan fingerprint density at radius 3 is 1.81 bits per heavy atom. The molecule has 2 rings (SSSR count). The van der Waals surface area contributed by atoms with E-state index in [-0.39, 0.29) is 18.1 Å². The summed E-state index contributed by atoms with van der Waals surface area (Å²) in [5.74, 6) is -1.10. The molecule has 2 nitrogen and oxygen atoms in total. The van der Waals surface area contributed by atoms with Gasteiger partial charge in [-0.3, -0.25) is 4.79 Å². The molecule has 0 aromatic heterocycles. The van der Waals surface area contributed by atoms with E-state index in [0.29, 0.717) is 12.1 Å². The first-order valence-electron chi connectivity index (χ1n) is 6.07. The average molecular weight is 311 g/mol. The molecule has 2 atom stereocenters. The van der Waals surface area contributed by atoms with Gasteiger partial charge in [-0.1, -0.05) is 0 Å². The first-order chi connectivity index (χ1) is 9.48. The molecule has 1 aliphatic heterocycles. The number of amides is 1. The summed E-state index contributed by atoms with van der Waals surface area (Å²) < 4.78 is 76.5. The van der Waals surface area contributed by atoms with Gasteiger partial charge in [0.15, 0.2) is 0 Å². The van der Waals surface area contributed by atoms with Gasteiger partial charge < -0.3 is 5.32 Å². The smallest absolute Gasteiger partial charge is 0.353 e. The Balaban J connectivity index is 2.53. The van der Waals surface area contributed by atoms with Crippen LogP contribution in [0, 0.1) is 0 Å². The Hall–Kier alpha value is -1.73. The summed E-state index contributed by atoms with van der Waals surface area (Å²) in [4.78, 5) is 11.2. The molecule has 1 N–H and O–H groups in total. The SMILES string of the molecule is C[C@@H]1NC(=O)C[C@@H]1c1cc(C(F)(F)F)cc(C(F)(F)F)c1. The fourth-order valence-corrected chi connectivity index (χ4v) is 2.39. The zero-order chi connectivity index (χ0) is 16.0. The Morgan fingerprint density at radius 1 is 1.00 bits per heavy atom. The van der Waals surface area contributed by atoms with Gasteiger partial charge in [0.05, 0.1) is 11.1 Å². The number of alkyl halides is 6. The molecule has 0 radical (unpaired) electrons. The molecule has 21 heavy (non-hydrogen) atoms. The lowest BCUT2D eigenvalue weighted by Gasteiger charge is -2.19. The van der Waals surface area contributed by atoms with Gasteiger partial charge >= 0.3 is 12.4 Å². The first kappa shape index (κ1) is 15.7. The van der Waals surface area contributed by atoms with E-state index >= 15 is 0 Å². The summed E-state index contributed by atoms with van der Waals surface area (Å²) in [6.07, 6.45) is -9.88. The van der Waals surface area contributed by atoms with Gasteiger partial charge in [0, 0.05) is 18.4 Å². The molecule has 1 amide bonds.